The van der Waals surface area contributed by atoms with Gasteiger partial charge in [-0.2, -0.15) is 0 Å². The molecule has 0 aliphatic carbocycles. The molecule has 1 unspecified atom stereocenters. The van der Waals surface area contributed by atoms with Gasteiger partial charge in [-0.25, -0.2) is 0 Å². The van der Waals surface area contributed by atoms with Gasteiger partial charge in [0.15, 0.2) is 0 Å². The highest BCUT2D eigenvalue weighted by molar-refractivity contribution is 5.23. The van der Waals surface area contributed by atoms with Gasteiger partial charge in [0.05, 0.1) is 0 Å². The number of likely N-dealkylation sites (tertiary alicyclic amines) is 1. The number of nitrogens with zero attached hydrogens (tertiary/aromatic N) is 1. The van der Waals surface area contributed by atoms with Gasteiger partial charge in [-0.1, -0.05) is 37.3 Å². The summed E-state index contributed by atoms with van der Waals surface area (Å²) in [6.07, 6.45) is 2.44. The second-order valence-corrected chi connectivity index (χ2v) is 5.56. The number of hydrogen-bond donors (Lipinski definition) is 2. The fourth-order valence-corrected chi connectivity index (χ4v) is 2.61. The molecule has 0 amide bonds. The highest BCUT2D eigenvalue weighted by Crippen LogP contribution is 2.24. The molecule has 0 aromatic heterocycles. The first-order valence-corrected chi connectivity index (χ1v) is 6.84. The normalized spacial score (nSPS) is 21.7. The molecule has 1 fully saturated rings. The van der Waals surface area contributed by atoms with E-state index >= 15 is 0 Å². The van der Waals surface area contributed by atoms with Crippen LogP contribution in [0.1, 0.15) is 25.3 Å². The molecule has 2 rings (SSSR count). The van der Waals surface area contributed by atoms with Crippen molar-refractivity contribution in [2.24, 2.45) is 11.7 Å². The average molecular weight is 248 g/mol. The zero-order valence-electron chi connectivity index (χ0n) is 11.2. The Morgan fingerprint density at radius 3 is 2.44 bits per heavy atom. The first kappa shape index (κ1) is 13.5. The lowest BCUT2D eigenvalue weighted by molar-refractivity contribution is -0.00173. The zero-order chi connectivity index (χ0) is 13.0. The first-order chi connectivity index (χ1) is 8.64. The number of β-amino-alcohol motifs (C(OH)–C–C–N with tert-alkyl or cyclic N) is 1. The van der Waals surface area contributed by atoms with E-state index < -0.39 is 5.60 Å². The summed E-state index contributed by atoms with van der Waals surface area (Å²) in [4.78, 5) is 2.33. The Balaban J connectivity index is 2.04. The van der Waals surface area contributed by atoms with E-state index in [-0.39, 0.29) is 6.54 Å². The van der Waals surface area contributed by atoms with Gasteiger partial charge in [-0.3, -0.25) is 0 Å². The van der Waals surface area contributed by atoms with Crippen LogP contribution < -0.4 is 5.73 Å². The van der Waals surface area contributed by atoms with Gasteiger partial charge in [-0.15, -0.1) is 0 Å². The second-order valence-electron chi connectivity index (χ2n) is 5.56. The summed E-state index contributed by atoms with van der Waals surface area (Å²) in [6.45, 7) is 5.33. The quantitative estimate of drug-likeness (QED) is 0.850. The first-order valence-electron chi connectivity index (χ1n) is 6.84. The minimum atomic E-state index is -0.915. The maximum Gasteiger partial charge on any atom is 0.114 e. The number of rotatable bonds is 4. The second kappa shape index (κ2) is 5.83. The van der Waals surface area contributed by atoms with E-state index in [4.69, 9.17) is 5.73 Å². The fourth-order valence-electron chi connectivity index (χ4n) is 2.61. The van der Waals surface area contributed by atoms with Crippen molar-refractivity contribution in [2.75, 3.05) is 26.2 Å². The molecule has 3 N–H and O–H groups in total. The van der Waals surface area contributed by atoms with Gasteiger partial charge in [-0.05, 0) is 37.4 Å². The van der Waals surface area contributed by atoms with Crippen LogP contribution in [0.15, 0.2) is 30.3 Å². The van der Waals surface area contributed by atoms with E-state index in [9.17, 15) is 5.11 Å². The van der Waals surface area contributed by atoms with Gasteiger partial charge in [0.2, 0.25) is 0 Å². The third-order valence-electron chi connectivity index (χ3n) is 4.01. The Morgan fingerprint density at radius 2 is 1.89 bits per heavy atom. The van der Waals surface area contributed by atoms with Crippen LogP contribution >= 0.6 is 0 Å². The minimum absolute atomic E-state index is 0.267. The molecular weight excluding hydrogens is 224 g/mol. The lowest BCUT2D eigenvalue weighted by Crippen LogP contribution is -2.48. The van der Waals surface area contributed by atoms with Crippen LogP contribution in [0.25, 0.3) is 0 Å². The number of piperidine rings is 1. The van der Waals surface area contributed by atoms with E-state index in [0.717, 1.165) is 24.6 Å². The third-order valence-corrected chi connectivity index (χ3v) is 4.01. The molecule has 1 atom stereocenters. The van der Waals surface area contributed by atoms with Gasteiger partial charge >= 0.3 is 0 Å². The van der Waals surface area contributed by atoms with Crippen molar-refractivity contribution >= 4 is 0 Å². The summed E-state index contributed by atoms with van der Waals surface area (Å²) < 4.78 is 0. The molecule has 1 aliphatic heterocycles. The van der Waals surface area contributed by atoms with Crippen LogP contribution in [0.4, 0.5) is 0 Å². The van der Waals surface area contributed by atoms with E-state index in [2.05, 4.69) is 11.8 Å². The van der Waals surface area contributed by atoms with Crippen molar-refractivity contribution in [3.63, 3.8) is 0 Å². The number of benzene rings is 1. The molecule has 100 valence electrons. The van der Waals surface area contributed by atoms with Gasteiger partial charge in [0.1, 0.15) is 5.60 Å². The van der Waals surface area contributed by atoms with Crippen LogP contribution in [0.2, 0.25) is 0 Å². The summed E-state index contributed by atoms with van der Waals surface area (Å²) in [5.41, 5.74) is 5.81. The fraction of sp³-hybridized carbons (Fsp3) is 0.600. The Hall–Kier alpha value is -0.900. The van der Waals surface area contributed by atoms with Crippen molar-refractivity contribution in [3.8, 4) is 0 Å². The van der Waals surface area contributed by atoms with Crippen molar-refractivity contribution < 1.29 is 5.11 Å². The molecule has 0 bridgehead atoms. The molecule has 1 aromatic rings. The van der Waals surface area contributed by atoms with Crippen LogP contribution in [0, 0.1) is 5.92 Å². The zero-order valence-corrected chi connectivity index (χ0v) is 11.2. The minimum Gasteiger partial charge on any atom is -0.382 e. The van der Waals surface area contributed by atoms with Crippen LogP contribution in [-0.4, -0.2) is 36.2 Å². The molecule has 1 aliphatic rings. The van der Waals surface area contributed by atoms with Crippen molar-refractivity contribution in [1.82, 2.24) is 4.90 Å². The Morgan fingerprint density at radius 1 is 1.28 bits per heavy atom. The van der Waals surface area contributed by atoms with Crippen LogP contribution in [-0.2, 0) is 5.60 Å². The summed E-state index contributed by atoms with van der Waals surface area (Å²) in [5, 5.41) is 10.7. The molecule has 0 radical (unpaired) electrons. The highest BCUT2D eigenvalue weighted by Gasteiger charge is 2.31. The van der Waals surface area contributed by atoms with Crippen molar-refractivity contribution in [2.45, 2.75) is 25.4 Å². The SMILES string of the molecule is CC1CCN(CC(O)(CN)c2ccccc2)CC1. The Bertz CT molecular complexity index is 360. The van der Waals surface area contributed by atoms with Crippen molar-refractivity contribution in [3.05, 3.63) is 35.9 Å². The van der Waals surface area contributed by atoms with E-state index in [1.54, 1.807) is 0 Å². The van der Waals surface area contributed by atoms with E-state index in [0.29, 0.717) is 6.54 Å². The molecule has 3 nitrogen and oxygen atoms in total. The Labute approximate surface area is 110 Å². The summed E-state index contributed by atoms with van der Waals surface area (Å²) in [5.74, 6) is 0.809. The number of aliphatic hydroxyl groups is 1. The largest absolute Gasteiger partial charge is 0.382 e. The van der Waals surface area contributed by atoms with Gasteiger partial charge < -0.3 is 15.7 Å². The number of nitrogens with two attached hydrogens (primary N) is 1. The molecule has 0 saturated carbocycles. The predicted molar refractivity (Wildman–Crippen MR) is 74.2 cm³/mol. The molecule has 18 heavy (non-hydrogen) atoms. The third kappa shape index (κ3) is 3.10. The standard InChI is InChI=1S/C15H24N2O/c1-13-7-9-17(10-8-13)12-15(18,11-16)14-5-3-2-4-6-14/h2-6,13,18H,7-12,16H2,1H3. The monoisotopic (exact) mass is 248 g/mol. The van der Waals surface area contributed by atoms with Crippen LogP contribution in [0.5, 0.6) is 0 Å². The van der Waals surface area contributed by atoms with Gasteiger partial charge in [0.25, 0.3) is 0 Å². The highest BCUT2D eigenvalue weighted by atomic mass is 16.3. The number of hydrogen-bond acceptors (Lipinski definition) is 3. The predicted octanol–water partition coefficient (Wildman–Crippen LogP) is 1.56. The van der Waals surface area contributed by atoms with Crippen LogP contribution in [0.3, 0.4) is 0 Å². The topological polar surface area (TPSA) is 49.5 Å². The smallest absolute Gasteiger partial charge is 0.114 e. The van der Waals surface area contributed by atoms with Gasteiger partial charge in [0, 0.05) is 13.1 Å². The Kier molecular flexibility index (Phi) is 4.38. The summed E-state index contributed by atoms with van der Waals surface area (Å²) >= 11 is 0. The summed E-state index contributed by atoms with van der Waals surface area (Å²) in [7, 11) is 0. The summed E-state index contributed by atoms with van der Waals surface area (Å²) in [6, 6.07) is 9.78. The molecule has 1 saturated heterocycles. The van der Waals surface area contributed by atoms with E-state index in [1.807, 2.05) is 30.3 Å². The van der Waals surface area contributed by atoms with Crippen molar-refractivity contribution in [1.29, 1.82) is 0 Å². The molecule has 1 aromatic carbocycles. The average Bonchev–Trinajstić information content (AvgIpc) is 2.42. The lowest BCUT2D eigenvalue weighted by atomic mass is 9.91. The molecular formula is C15H24N2O. The molecule has 0 spiro atoms. The lowest BCUT2D eigenvalue weighted by Gasteiger charge is -2.37. The molecule has 3 heteroatoms. The maximum absolute atomic E-state index is 10.7. The van der Waals surface area contributed by atoms with E-state index in [1.165, 1.54) is 12.8 Å². The maximum atomic E-state index is 10.7. The molecule has 1 heterocycles.